The minimum absolute atomic E-state index is 0.0334. The molecule has 4 aromatic rings. The number of ketones is 2. The SMILES string of the molecule is CC(=O)C(=Cc1coc2ccc(-c3nc4ccccc4s3)cc2c1=O)C(C)=O. The molecule has 28 heavy (non-hydrogen) atoms. The van der Waals surface area contributed by atoms with Crippen molar-refractivity contribution < 1.29 is 14.0 Å². The maximum atomic E-state index is 12.9. The first-order valence-electron chi connectivity index (χ1n) is 8.59. The predicted octanol–water partition coefficient (Wildman–Crippen LogP) is 4.63. The zero-order chi connectivity index (χ0) is 19.8. The van der Waals surface area contributed by atoms with Crippen molar-refractivity contribution in [2.75, 3.05) is 0 Å². The first kappa shape index (κ1) is 18.0. The fourth-order valence-electron chi connectivity index (χ4n) is 2.98. The van der Waals surface area contributed by atoms with Gasteiger partial charge in [0.2, 0.25) is 0 Å². The molecule has 0 aliphatic rings. The molecule has 138 valence electrons. The van der Waals surface area contributed by atoms with E-state index in [-0.39, 0.29) is 16.6 Å². The second-order valence-electron chi connectivity index (χ2n) is 6.39. The maximum Gasteiger partial charge on any atom is 0.199 e. The number of aromatic nitrogens is 1. The number of thiazole rings is 1. The van der Waals surface area contributed by atoms with Crippen molar-refractivity contribution in [1.29, 1.82) is 0 Å². The molecule has 2 heterocycles. The summed E-state index contributed by atoms with van der Waals surface area (Å²) in [7, 11) is 0. The molecule has 0 bridgehead atoms. The molecular formula is C22H15NO4S. The van der Waals surface area contributed by atoms with Gasteiger partial charge in [-0.1, -0.05) is 12.1 Å². The molecule has 4 rings (SSSR count). The van der Waals surface area contributed by atoms with E-state index < -0.39 is 11.6 Å². The predicted molar refractivity (Wildman–Crippen MR) is 110 cm³/mol. The van der Waals surface area contributed by atoms with E-state index in [1.165, 1.54) is 26.2 Å². The summed E-state index contributed by atoms with van der Waals surface area (Å²) in [6.07, 6.45) is 2.56. The van der Waals surface area contributed by atoms with E-state index in [1.54, 1.807) is 23.5 Å². The summed E-state index contributed by atoms with van der Waals surface area (Å²) in [4.78, 5) is 40.9. The van der Waals surface area contributed by atoms with Gasteiger partial charge < -0.3 is 4.42 Å². The zero-order valence-corrected chi connectivity index (χ0v) is 16.0. The summed E-state index contributed by atoms with van der Waals surface area (Å²) < 4.78 is 6.61. The van der Waals surface area contributed by atoms with Gasteiger partial charge in [0.15, 0.2) is 17.0 Å². The number of benzene rings is 2. The van der Waals surface area contributed by atoms with Gasteiger partial charge in [-0.25, -0.2) is 4.98 Å². The molecule has 0 fully saturated rings. The highest BCUT2D eigenvalue weighted by atomic mass is 32.1. The van der Waals surface area contributed by atoms with Gasteiger partial charge in [-0.05, 0) is 50.3 Å². The molecule has 0 unspecified atom stereocenters. The number of carbonyl (C=O) groups is 2. The van der Waals surface area contributed by atoms with Crippen LogP contribution in [0.1, 0.15) is 19.4 Å². The largest absolute Gasteiger partial charge is 0.463 e. The summed E-state index contributed by atoms with van der Waals surface area (Å²) in [5.74, 6) is -0.787. The van der Waals surface area contributed by atoms with E-state index >= 15 is 0 Å². The van der Waals surface area contributed by atoms with Crippen molar-refractivity contribution in [1.82, 2.24) is 4.98 Å². The monoisotopic (exact) mass is 389 g/mol. The zero-order valence-electron chi connectivity index (χ0n) is 15.2. The minimum atomic E-state index is -0.393. The first-order valence-corrected chi connectivity index (χ1v) is 9.41. The summed E-state index contributed by atoms with van der Waals surface area (Å²) in [6.45, 7) is 2.59. The topological polar surface area (TPSA) is 77.2 Å². The number of para-hydroxylation sites is 1. The third-order valence-corrected chi connectivity index (χ3v) is 5.48. The number of Topliss-reactive ketones (excluding diaryl/α,β-unsaturated/α-hetero) is 2. The molecule has 0 saturated heterocycles. The van der Waals surface area contributed by atoms with Gasteiger partial charge in [0.05, 0.1) is 26.7 Å². The van der Waals surface area contributed by atoms with Crippen LogP contribution in [-0.4, -0.2) is 16.6 Å². The van der Waals surface area contributed by atoms with Crippen molar-refractivity contribution in [2.45, 2.75) is 13.8 Å². The van der Waals surface area contributed by atoms with Crippen LogP contribution in [0, 0.1) is 0 Å². The normalized spacial score (nSPS) is 10.9. The maximum absolute atomic E-state index is 12.9. The number of rotatable bonds is 4. The van der Waals surface area contributed by atoms with E-state index in [0.717, 1.165) is 20.8 Å². The average Bonchev–Trinajstić information content (AvgIpc) is 3.11. The van der Waals surface area contributed by atoms with Crippen molar-refractivity contribution in [3.63, 3.8) is 0 Å². The summed E-state index contributed by atoms with van der Waals surface area (Å²) in [6, 6.07) is 13.1. The Kier molecular flexibility index (Phi) is 4.49. The molecule has 0 spiro atoms. The third-order valence-electron chi connectivity index (χ3n) is 4.40. The first-order chi connectivity index (χ1) is 13.4. The Morgan fingerprint density at radius 1 is 1.07 bits per heavy atom. The quantitative estimate of drug-likeness (QED) is 0.289. The number of allylic oxidation sites excluding steroid dienone is 1. The molecule has 0 atom stereocenters. The van der Waals surface area contributed by atoms with Crippen molar-refractivity contribution in [3.8, 4) is 10.6 Å². The molecule has 0 amide bonds. The lowest BCUT2D eigenvalue weighted by Crippen LogP contribution is -2.10. The standard InChI is InChI=1S/C22H15NO4S/c1-12(24)16(13(2)25)10-15-11-27-19-8-7-14(9-17(19)21(15)26)22-23-18-5-3-4-6-20(18)28-22/h3-11H,1-2H3. The Balaban J connectivity index is 1.88. The summed E-state index contributed by atoms with van der Waals surface area (Å²) in [5, 5.41) is 1.17. The van der Waals surface area contributed by atoms with E-state index in [2.05, 4.69) is 4.98 Å². The highest BCUT2D eigenvalue weighted by Gasteiger charge is 2.14. The molecule has 0 aliphatic heterocycles. The molecular weight excluding hydrogens is 374 g/mol. The van der Waals surface area contributed by atoms with Crippen molar-refractivity contribution >= 4 is 50.2 Å². The van der Waals surface area contributed by atoms with Gasteiger partial charge in [0, 0.05) is 5.56 Å². The molecule has 0 radical (unpaired) electrons. The van der Waals surface area contributed by atoms with Crippen LogP contribution in [0.4, 0.5) is 0 Å². The van der Waals surface area contributed by atoms with Gasteiger partial charge in [-0.2, -0.15) is 0 Å². The summed E-state index contributed by atoms with van der Waals surface area (Å²) >= 11 is 1.54. The lowest BCUT2D eigenvalue weighted by Gasteiger charge is -2.03. The molecule has 0 aliphatic carbocycles. The fraction of sp³-hybridized carbons (Fsp3) is 0.0909. The summed E-state index contributed by atoms with van der Waals surface area (Å²) in [5.41, 5.74) is 1.96. The van der Waals surface area contributed by atoms with Crippen LogP contribution in [-0.2, 0) is 9.59 Å². The molecule has 0 saturated carbocycles. The van der Waals surface area contributed by atoms with Gasteiger partial charge in [-0.3, -0.25) is 14.4 Å². The fourth-order valence-corrected chi connectivity index (χ4v) is 3.94. The molecule has 2 aromatic heterocycles. The Morgan fingerprint density at radius 3 is 2.54 bits per heavy atom. The lowest BCUT2D eigenvalue weighted by atomic mass is 10.0. The highest BCUT2D eigenvalue weighted by molar-refractivity contribution is 7.21. The number of carbonyl (C=O) groups excluding carboxylic acids is 2. The molecule has 0 N–H and O–H groups in total. The van der Waals surface area contributed by atoms with Crippen molar-refractivity contribution in [3.05, 3.63) is 70.1 Å². The van der Waals surface area contributed by atoms with Gasteiger partial charge in [0.1, 0.15) is 16.9 Å². The Labute approximate surface area is 164 Å². The molecule has 5 nitrogen and oxygen atoms in total. The van der Waals surface area contributed by atoms with Crippen molar-refractivity contribution in [2.24, 2.45) is 0 Å². The average molecular weight is 389 g/mol. The molecule has 2 aromatic carbocycles. The van der Waals surface area contributed by atoms with E-state index in [1.807, 2.05) is 30.3 Å². The van der Waals surface area contributed by atoms with Crippen LogP contribution < -0.4 is 5.43 Å². The second-order valence-corrected chi connectivity index (χ2v) is 7.42. The third kappa shape index (κ3) is 3.18. The highest BCUT2D eigenvalue weighted by Crippen LogP contribution is 2.31. The van der Waals surface area contributed by atoms with Gasteiger partial charge in [-0.15, -0.1) is 11.3 Å². The van der Waals surface area contributed by atoms with Crippen LogP contribution in [0.15, 0.2) is 63.5 Å². The molecule has 6 heteroatoms. The van der Waals surface area contributed by atoms with Crippen LogP contribution in [0.3, 0.4) is 0 Å². The minimum Gasteiger partial charge on any atom is -0.463 e. The Hall–Kier alpha value is -3.38. The number of hydrogen-bond acceptors (Lipinski definition) is 6. The van der Waals surface area contributed by atoms with Crippen LogP contribution in [0.2, 0.25) is 0 Å². The van der Waals surface area contributed by atoms with Crippen LogP contribution in [0.5, 0.6) is 0 Å². The smallest absolute Gasteiger partial charge is 0.199 e. The lowest BCUT2D eigenvalue weighted by molar-refractivity contribution is -0.119. The number of hydrogen-bond donors (Lipinski definition) is 0. The number of fused-ring (bicyclic) bond motifs is 2. The second kappa shape index (κ2) is 6.98. The van der Waals surface area contributed by atoms with Crippen LogP contribution in [0.25, 0.3) is 37.8 Å². The Morgan fingerprint density at radius 2 is 1.82 bits per heavy atom. The van der Waals surface area contributed by atoms with Crippen LogP contribution >= 0.6 is 11.3 Å². The van der Waals surface area contributed by atoms with E-state index in [4.69, 9.17) is 4.42 Å². The van der Waals surface area contributed by atoms with Gasteiger partial charge in [0.25, 0.3) is 0 Å². The van der Waals surface area contributed by atoms with E-state index in [0.29, 0.717) is 11.0 Å². The van der Waals surface area contributed by atoms with E-state index in [9.17, 15) is 14.4 Å². The Bertz CT molecular complexity index is 1290. The number of nitrogens with zero attached hydrogens (tertiary/aromatic N) is 1. The van der Waals surface area contributed by atoms with Gasteiger partial charge >= 0.3 is 0 Å².